The number of rotatable bonds is 5. The minimum atomic E-state index is -0.184. The summed E-state index contributed by atoms with van der Waals surface area (Å²) in [5.41, 5.74) is 1.42. The van der Waals surface area contributed by atoms with E-state index in [4.69, 9.17) is 5.26 Å². The second-order valence-electron chi connectivity index (χ2n) is 6.72. The molecule has 0 bridgehead atoms. The number of thioether (sulfide) groups is 1. The highest BCUT2D eigenvalue weighted by Crippen LogP contribution is 2.27. The van der Waals surface area contributed by atoms with Gasteiger partial charge in [-0.3, -0.25) is 0 Å². The molecule has 0 aliphatic rings. The van der Waals surface area contributed by atoms with Crippen LogP contribution in [0.3, 0.4) is 0 Å². The van der Waals surface area contributed by atoms with Gasteiger partial charge in [-0.1, -0.05) is 32.9 Å². The molecule has 19 heavy (non-hydrogen) atoms. The van der Waals surface area contributed by atoms with Crippen molar-refractivity contribution < 1.29 is 0 Å². The predicted octanol–water partition coefficient (Wildman–Crippen LogP) is 5.41. The van der Waals surface area contributed by atoms with Gasteiger partial charge in [0.25, 0.3) is 0 Å². The van der Waals surface area contributed by atoms with E-state index >= 15 is 0 Å². The van der Waals surface area contributed by atoms with Crippen molar-refractivity contribution in [1.29, 1.82) is 5.26 Å². The third-order valence-corrected chi connectivity index (χ3v) is 4.34. The van der Waals surface area contributed by atoms with E-state index in [-0.39, 0.29) is 10.8 Å². The fourth-order valence-corrected chi connectivity index (χ4v) is 2.66. The highest BCUT2D eigenvalue weighted by molar-refractivity contribution is 7.99. The van der Waals surface area contributed by atoms with Crippen LogP contribution in [0.25, 0.3) is 0 Å². The van der Waals surface area contributed by atoms with E-state index in [1.54, 1.807) is 0 Å². The Kier molecular flexibility index (Phi) is 5.50. The number of nitrogens with zero attached hydrogens (tertiary/aromatic N) is 1. The predicted molar refractivity (Wildman–Crippen MR) is 84.5 cm³/mol. The maximum absolute atomic E-state index is 8.96. The summed E-state index contributed by atoms with van der Waals surface area (Å²) in [6, 6.07) is 11.2. The van der Waals surface area contributed by atoms with Crippen LogP contribution in [0.5, 0.6) is 0 Å². The van der Waals surface area contributed by atoms with Crippen LogP contribution in [0.2, 0.25) is 0 Å². The van der Waals surface area contributed by atoms with Crippen LogP contribution in [0.4, 0.5) is 0 Å². The van der Waals surface area contributed by atoms with Crippen molar-refractivity contribution in [2.75, 3.05) is 5.75 Å². The van der Waals surface area contributed by atoms with Gasteiger partial charge in [0.2, 0.25) is 0 Å². The summed E-state index contributed by atoms with van der Waals surface area (Å²) in [5.74, 6) is 1.08. The molecule has 1 aromatic carbocycles. The zero-order chi connectivity index (χ0) is 14.5. The molecule has 104 valence electrons. The molecular weight excluding hydrogens is 250 g/mol. The van der Waals surface area contributed by atoms with Gasteiger partial charge in [0.15, 0.2) is 0 Å². The van der Waals surface area contributed by atoms with E-state index in [1.165, 1.54) is 10.5 Å². The molecule has 1 rings (SSSR count). The lowest BCUT2D eigenvalue weighted by molar-refractivity contribution is 0.448. The van der Waals surface area contributed by atoms with Crippen LogP contribution in [-0.2, 0) is 5.41 Å². The van der Waals surface area contributed by atoms with Gasteiger partial charge in [-0.05, 0) is 55.6 Å². The first-order valence-electron chi connectivity index (χ1n) is 6.89. The Morgan fingerprint density at radius 3 is 2.11 bits per heavy atom. The summed E-state index contributed by atoms with van der Waals surface area (Å²) in [5, 5.41) is 8.96. The smallest absolute Gasteiger partial charge is 0.0683 e. The van der Waals surface area contributed by atoms with E-state index in [1.807, 2.05) is 25.6 Å². The van der Waals surface area contributed by atoms with Gasteiger partial charge in [-0.2, -0.15) is 5.26 Å². The molecule has 0 unspecified atom stereocenters. The highest BCUT2D eigenvalue weighted by atomic mass is 32.2. The van der Waals surface area contributed by atoms with E-state index in [2.05, 4.69) is 51.1 Å². The van der Waals surface area contributed by atoms with Crippen molar-refractivity contribution in [3.63, 3.8) is 0 Å². The topological polar surface area (TPSA) is 23.8 Å². The van der Waals surface area contributed by atoms with Crippen molar-refractivity contribution in [3.8, 4) is 6.07 Å². The van der Waals surface area contributed by atoms with Gasteiger partial charge in [0.05, 0.1) is 11.5 Å². The second-order valence-corrected chi connectivity index (χ2v) is 7.89. The standard InChI is InChI=1S/C17H25NS/c1-16(2,3)14-7-9-15(10-8-14)19-12-6-11-17(4,5)13-18/h7-10H,6,11-12H2,1-5H3. The zero-order valence-electron chi connectivity index (χ0n) is 12.8. The van der Waals surface area contributed by atoms with Crippen LogP contribution in [0.15, 0.2) is 29.2 Å². The zero-order valence-corrected chi connectivity index (χ0v) is 13.6. The molecule has 1 nitrogen and oxygen atoms in total. The van der Waals surface area contributed by atoms with Crippen molar-refractivity contribution in [2.24, 2.45) is 5.41 Å². The molecule has 0 fully saturated rings. The van der Waals surface area contributed by atoms with Gasteiger partial charge in [-0.15, -0.1) is 11.8 Å². The molecule has 0 saturated carbocycles. The molecule has 0 atom stereocenters. The van der Waals surface area contributed by atoms with Crippen LogP contribution in [0, 0.1) is 16.7 Å². The number of hydrogen-bond donors (Lipinski definition) is 0. The molecule has 0 heterocycles. The summed E-state index contributed by atoms with van der Waals surface area (Å²) in [6.45, 7) is 10.7. The Morgan fingerprint density at radius 1 is 1.05 bits per heavy atom. The van der Waals surface area contributed by atoms with Crippen LogP contribution in [0.1, 0.15) is 53.0 Å². The molecule has 1 aromatic rings. The third-order valence-electron chi connectivity index (χ3n) is 3.24. The molecule has 0 N–H and O–H groups in total. The Labute approximate surface area is 122 Å². The van der Waals surface area contributed by atoms with Crippen molar-refractivity contribution in [1.82, 2.24) is 0 Å². The second kappa shape index (κ2) is 6.48. The van der Waals surface area contributed by atoms with Crippen LogP contribution in [-0.4, -0.2) is 5.75 Å². The largest absolute Gasteiger partial charge is 0.198 e. The van der Waals surface area contributed by atoms with Gasteiger partial charge in [0, 0.05) is 4.90 Å². The molecule has 2 heteroatoms. The lowest BCUT2D eigenvalue weighted by Crippen LogP contribution is -2.10. The Bertz CT molecular complexity index is 432. The molecule has 0 aliphatic carbocycles. The van der Waals surface area contributed by atoms with Crippen LogP contribution < -0.4 is 0 Å². The number of hydrogen-bond acceptors (Lipinski definition) is 2. The lowest BCUT2D eigenvalue weighted by Gasteiger charge is -2.19. The summed E-state index contributed by atoms with van der Waals surface area (Å²) < 4.78 is 0. The SMILES string of the molecule is CC(C)(C#N)CCCSc1ccc(C(C)(C)C)cc1. The molecule has 0 radical (unpaired) electrons. The van der Waals surface area contributed by atoms with Gasteiger partial charge >= 0.3 is 0 Å². The summed E-state index contributed by atoms with van der Waals surface area (Å²) in [6.07, 6.45) is 2.06. The first-order valence-corrected chi connectivity index (χ1v) is 7.88. The minimum Gasteiger partial charge on any atom is -0.198 e. The van der Waals surface area contributed by atoms with E-state index in [0.29, 0.717) is 0 Å². The molecular formula is C17H25NS. The fraction of sp³-hybridized carbons (Fsp3) is 0.588. The van der Waals surface area contributed by atoms with E-state index in [0.717, 1.165) is 18.6 Å². The molecule has 0 saturated heterocycles. The average Bonchev–Trinajstić information content (AvgIpc) is 2.34. The monoisotopic (exact) mass is 275 g/mol. The molecule has 0 amide bonds. The van der Waals surface area contributed by atoms with Gasteiger partial charge in [0.1, 0.15) is 0 Å². The van der Waals surface area contributed by atoms with Crippen molar-refractivity contribution in [2.45, 2.75) is 57.8 Å². The normalized spacial score (nSPS) is 12.2. The first-order chi connectivity index (χ1) is 8.74. The Hall–Kier alpha value is -0.940. The maximum atomic E-state index is 8.96. The number of nitriles is 1. The summed E-state index contributed by atoms with van der Waals surface area (Å²) >= 11 is 1.88. The van der Waals surface area contributed by atoms with Crippen molar-refractivity contribution >= 4 is 11.8 Å². The quantitative estimate of drug-likeness (QED) is 0.530. The summed E-state index contributed by atoms with van der Waals surface area (Å²) in [4.78, 5) is 1.32. The average molecular weight is 275 g/mol. The molecule has 0 aliphatic heterocycles. The van der Waals surface area contributed by atoms with Crippen molar-refractivity contribution in [3.05, 3.63) is 29.8 Å². The third kappa shape index (κ3) is 5.70. The molecule has 0 spiro atoms. The maximum Gasteiger partial charge on any atom is 0.0683 e. The Balaban J connectivity index is 2.41. The first kappa shape index (κ1) is 16.1. The number of benzene rings is 1. The summed E-state index contributed by atoms with van der Waals surface area (Å²) in [7, 11) is 0. The highest BCUT2D eigenvalue weighted by Gasteiger charge is 2.16. The van der Waals surface area contributed by atoms with E-state index in [9.17, 15) is 0 Å². The molecule has 0 aromatic heterocycles. The Morgan fingerprint density at radius 2 is 1.63 bits per heavy atom. The fourth-order valence-electron chi connectivity index (χ4n) is 1.81. The van der Waals surface area contributed by atoms with E-state index < -0.39 is 0 Å². The minimum absolute atomic E-state index is 0.184. The van der Waals surface area contributed by atoms with Crippen LogP contribution >= 0.6 is 11.8 Å². The van der Waals surface area contributed by atoms with Gasteiger partial charge < -0.3 is 0 Å². The van der Waals surface area contributed by atoms with Gasteiger partial charge in [-0.25, -0.2) is 0 Å². The lowest BCUT2D eigenvalue weighted by atomic mass is 9.87.